The fraction of sp³-hybridized carbons (Fsp3) is 0.273. The second-order valence-corrected chi connectivity index (χ2v) is 4.17. The monoisotopic (exact) mass is 253 g/mol. The Hall–Kier alpha value is -0.800. The molecule has 1 aromatic rings. The maximum atomic E-state index is 5.28. The standard InChI is InChI=1S/C11H12BrNO/c1-9(13-6-7-14-8-13)10-2-4-11(12)5-3-10/h2-5H,1,6-8H2. The van der Waals surface area contributed by atoms with Crippen molar-refractivity contribution < 1.29 is 4.74 Å². The molecule has 74 valence electrons. The number of ether oxygens (including phenoxy) is 1. The highest BCUT2D eigenvalue weighted by Gasteiger charge is 2.14. The summed E-state index contributed by atoms with van der Waals surface area (Å²) in [5, 5.41) is 0. The van der Waals surface area contributed by atoms with Crippen LogP contribution in [0.4, 0.5) is 0 Å². The molecule has 0 unspecified atom stereocenters. The van der Waals surface area contributed by atoms with Crippen molar-refractivity contribution in [2.45, 2.75) is 0 Å². The summed E-state index contributed by atoms with van der Waals surface area (Å²) in [5.41, 5.74) is 2.19. The van der Waals surface area contributed by atoms with Crippen LogP contribution in [0.5, 0.6) is 0 Å². The molecule has 0 bridgehead atoms. The summed E-state index contributed by atoms with van der Waals surface area (Å²) in [4.78, 5) is 2.14. The van der Waals surface area contributed by atoms with Crippen LogP contribution in [0.3, 0.4) is 0 Å². The zero-order chi connectivity index (χ0) is 9.97. The van der Waals surface area contributed by atoms with Gasteiger partial charge in [-0.1, -0.05) is 34.6 Å². The number of hydrogen-bond donors (Lipinski definition) is 0. The molecule has 0 saturated carbocycles. The van der Waals surface area contributed by atoms with E-state index in [1.54, 1.807) is 0 Å². The van der Waals surface area contributed by atoms with Crippen LogP contribution in [0, 0.1) is 0 Å². The van der Waals surface area contributed by atoms with Gasteiger partial charge >= 0.3 is 0 Å². The van der Waals surface area contributed by atoms with Crippen molar-refractivity contribution in [3.8, 4) is 0 Å². The highest BCUT2D eigenvalue weighted by atomic mass is 79.9. The molecule has 0 N–H and O–H groups in total. The summed E-state index contributed by atoms with van der Waals surface area (Å²) in [5.74, 6) is 0. The van der Waals surface area contributed by atoms with E-state index in [1.807, 2.05) is 12.1 Å². The average Bonchev–Trinajstić information content (AvgIpc) is 2.71. The molecule has 14 heavy (non-hydrogen) atoms. The van der Waals surface area contributed by atoms with Crippen molar-refractivity contribution in [1.29, 1.82) is 0 Å². The quantitative estimate of drug-likeness (QED) is 0.804. The zero-order valence-corrected chi connectivity index (χ0v) is 9.46. The molecule has 0 spiro atoms. The number of benzene rings is 1. The summed E-state index contributed by atoms with van der Waals surface area (Å²) in [6.45, 7) is 6.47. The molecule has 2 nitrogen and oxygen atoms in total. The molecule has 1 heterocycles. The minimum absolute atomic E-state index is 0.662. The number of hydrogen-bond acceptors (Lipinski definition) is 2. The van der Waals surface area contributed by atoms with E-state index in [1.165, 1.54) is 0 Å². The minimum Gasteiger partial charge on any atom is -0.359 e. The summed E-state index contributed by atoms with van der Waals surface area (Å²) in [6, 6.07) is 8.17. The third-order valence-corrected chi connectivity index (χ3v) is 2.84. The Morgan fingerprint density at radius 1 is 1.36 bits per heavy atom. The normalized spacial score (nSPS) is 15.9. The van der Waals surface area contributed by atoms with Crippen molar-refractivity contribution in [2.24, 2.45) is 0 Å². The van der Waals surface area contributed by atoms with E-state index >= 15 is 0 Å². The molecule has 1 aromatic carbocycles. The zero-order valence-electron chi connectivity index (χ0n) is 7.87. The summed E-state index contributed by atoms with van der Waals surface area (Å²) in [6.07, 6.45) is 0. The molecular weight excluding hydrogens is 242 g/mol. The summed E-state index contributed by atoms with van der Waals surface area (Å²) < 4.78 is 6.37. The molecule has 1 aliphatic heterocycles. The predicted octanol–water partition coefficient (Wildman–Crippen LogP) is 2.71. The van der Waals surface area contributed by atoms with Gasteiger partial charge in [0.2, 0.25) is 0 Å². The van der Waals surface area contributed by atoms with E-state index in [0.29, 0.717) is 6.73 Å². The van der Waals surface area contributed by atoms with Crippen LogP contribution in [0.2, 0.25) is 0 Å². The van der Waals surface area contributed by atoms with Gasteiger partial charge in [0.05, 0.1) is 6.61 Å². The number of rotatable bonds is 2. The predicted molar refractivity (Wildman–Crippen MR) is 60.7 cm³/mol. The first-order chi connectivity index (χ1) is 6.77. The van der Waals surface area contributed by atoms with Gasteiger partial charge in [-0.05, 0) is 17.7 Å². The average molecular weight is 254 g/mol. The lowest BCUT2D eigenvalue weighted by atomic mass is 10.1. The lowest BCUT2D eigenvalue weighted by Crippen LogP contribution is -2.17. The van der Waals surface area contributed by atoms with Gasteiger partial charge in [-0.3, -0.25) is 0 Å². The molecule has 1 saturated heterocycles. The van der Waals surface area contributed by atoms with Gasteiger partial charge in [0, 0.05) is 16.7 Å². The third-order valence-electron chi connectivity index (χ3n) is 2.31. The maximum Gasteiger partial charge on any atom is 0.119 e. The van der Waals surface area contributed by atoms with Crippen LogP contribution in [0.1, 0.15) is 5.56 Å². The van der Waals surface area contributed by atoms with Gasteiger partial charge in [0.25, 0.3) is 0 Å². The number of halogens is 1. The molecular formula is C11H12BrNO. The highest BCUT2D eigenvalue weighted by molar-refractivity contribution is 9.10. The first-order valence-electron chi connectivity index (χ1n) is 4.55. The topological polar surface area (TPSA) is 12.5 Å². The first kappa shape index (κ1) is 9.74. The van der Waals surface area contributed by atoms with Gasteiger partial charge in [-0.25, -0.2) is 0 Å². The second-order valence-electron chi connectivity index (χ2n) is 3.25. The van der Waals surface area contributed by atoms with Gasteiger partial charge in [-0.15, -0.1) is 0 Å². The Kier molecular flexibility index (Phi) is 2.89. The Balaban J connectivity index is 2.14. The molecule has 1 aliphatic rings. The van der Waals surface area contributed by atoms with Gasteiger partial charge < -0.3 is 9.64 Å². The molecule has 0 radical (unpaired) electrons. The van der Waals surface area contributed by atoms with Crippen molar-refractivity contribution in [1.82, 2.24) is 4.90 Å². The summed E-state index contributed by atoms with van der Waals surface area (Å²) >= 11 is 3.41. The van der Waals surface area contributed by atoms with Crippen molar-refractivity contribution in [3.05, 3.63) is 40.9 Å². The summed E-state index contributed by atoms with van der Waals surface area (Å²) in [7, 11) is 0. The van der Waals surface area contributed by atoms with Crippen LogP contribution in [-0.2, 0) is 4.74 Å². The van der Waals surface area contributed by atoms with Crippen LogP contribution in [0.15, 0.2) is 35.3 Å². The van der Waals surface area contributed by atoms with E-state index in [4.69, 9.17) is 4.74 Å². The van der Waals surface area contributed by atoms with E-state index in [0.717, 1.165) is 28.9 Å². The van der Waals surface area contributed by atoms with Gasteiger partial charge in [-0.2, -0.15) is 0 Å². The van der Waals surface area contributed by atoms with Crippen LogP contribution in [0.25, 0.3) is 5.70 Å². The lowest BCUT2D eigenvalue weighted by Gasteiger charge is -2.18. The molecule has 0 atom stereocenters. The first-order valence-corrected chi connectivity index (χ1v) is 5.34. The van der Waals surface area contributed by atoms with E-state index in [2.05, 4.69) is 39.5 Å². The van der Waals surface area contributed by atoms with Crippen LogP contribution < -0.4 is 0 Å². The van der Waals surface area contributed by atoms with Crippen molar-refractivity contribution >= 4 is 21.6 Å². The molecule has 3 heteroatoms. The Morgan fingerprint density at radius 3 is 2.64 bits per heavy atom. The van der Waals surface area contributed by atoms with E-state index in [-0.39, 0.29) is 0 Å². The fourth-order valence-electron chi connectivity index (χ4n) is 1.45. The molecule has 0 aliphatic carbocycles. The van der Waals surface area contributed by atoms with E-state index in [9.17, 15) is 0 Å². The minimum atomic E-state index is 0.662. The SMILES string of the molecule is C=C(c1ccc(Br)cc1)N1CCOC1. The smallest absolute Gasteiger partial charge is 0.119 e. The van der Waals surface area contributed by atoms with Gasteiger partial charge in [0.15, 0.2) is 0 Å². The number of nitrogens with zero attached hydrogens (tertiary/aromatic N) is 1. The molecule has 0 amide bonds. The molecule has 1 fully saturated rings. The molecule has 2 rings (SSSR count). The van der Waals surface area contributed by atoms with Crippen LogP contribution >= 0.6 is 15.9 Å². The Morgan fingerprint density at radius 2 is 2.07 bits per heavy atom. The largest absolute Gasteiger partial charge is 0.359 e. The van der Waals surface area contributed by atoms with E-state index < -0.39 is 0 Å². The fourth-order valence-corrected chi connectivity index (χ4v) is 1.72. The van der Waals surface area contributed by atoms with Gasteiger partial charge in [0.1, 0.15) is 6.73 Å². The lowest BCUT2D eigenvalue weighted by molar-refractivity contribution is 0.165. The maximum absolute atomic E-state index is 5.28. The molecule has 0 aromatic heterocycles. The van der Waals surface area contributed by atoms with Crippen molar-refractivity contribution in [2.75, 3.05) is 19.9 Å². The van der Waals surface area contributed by atoms with Crippen molar-refractivity contribution in [3.63, 3.8) is 0 Å². The Labute approximate surface area is 92.3 Å². The highest BCUT2D eigenvalue weighted by Crippen LogP contribution is 2.21. The Bertz CT molecular complexity index is 328. The second kappa shape index (κ2) is 4.15. The van der Waals surface area contributed by atoms with Crippen LogP contribution in [-0.4, -0.2) is 24.8 Å². The third kappa shape index (κ3) is 1.99.